The smallest absolute Gasteiger partial charge is 0.441 e. The first kappa shape index (κ1) is 33.9. The Kier molecular flexibility index (Phi) is 8.42. The third-order valence-corrected chi connectivity index (χ3v) is 8.89. The zero-order valence-corrected chi connectivity index (χ0v) is 25.6. The third-order valence-electron chi connectivity index (χ3n) is 7.64. The maximum Gasteiger partial charge on any atom is 0.573 e. The SMILES string of the molecule is CCc1nc(-c2ccc(OC(F)(F)F)cc2)c(C2(F)C=C(c3ccccc3)C=C(S(C)(=O)=O)C2(CO)n2cc(C(F)(F)F)nc2C)o1. The van der Waals surface area contributed by atoms with Crippen LogP contribution in [-0.2, 0) is 33.6 Å². The molecule has 2 aromatic heterocycles. The number of nitrogens with zero attached hydrogens (tertiary/aromatic N) is 3. The number of aliphatic hydroxyl groups excluding tert-OH is 1. The van der Waals surface area contributed by atoms with Gasteiger partial charge in [-0.25, -0.2) is 22.8 Å². The van der Waals surface area contributed by atoms with Crippen LogP contribution in [0.25, 0.3) is 16.8 Å². The molecular weight excluding hydrogens is 659 g/mol. The Bertz CT molecular complexity index is 1960. The maximum absolute atomic E-state index is 18.7. The standard InChI is InChI=1S/C31H26F7N3O5S/c1-4-25-40-26(20-10-12-22(13-11-20)46-31(36,37)38)27(45-25)28(32)15-21(19-8-6-5-7-9-19)14-24(47(3,43)44)29(28,17-42)41-16-23(30(33,34)35)39-18(41)2/h5-16,42H,4,17H2,1-3H3. The van der Waals surface area contributed by atoms with Crippen molar-refractivity contribution in [3.05, 3.63) is 107 Å². The van der Waals surface area contributed by atoms with E-state index in [0.717, 1.165) is 43.3 Å². The van der Waals surface area contributed by atoms with Crippen molar-refractivity contribution in [3.63, 3.8) is 0 Å². The summed E-state index contributed by atoms with van der Waals surface area (Å²) in [6, 6.07) is 12.0. The minimum atomic E-state index is -5.03. The van der Waals surface area contributed by atoms with Crippen LogP contribution in [0.5, 0.6) is 5.75 Å². The summed E-state index contributed by atoms with van der Waals surface area (Å²) in [6.07, 6.45) is -6.89. The number of imidazole rings is 1. The molecule has 0 aliphatic heterocycles. The average molecular weight is 686 g/mol. The minimum Gasteiger partial charge on any atom is -0.441 e. The fourth-order valence-corrected chi connectivity index (χ4v) is 6.88. The molecule has 1 aliphatic carbocycles. The number of sulfone groups is 1. The molecule has 250 valence electrons. The van der Waals surface area contributed by atoms with Gasteiger partial charge in [0, 0.05) is 24.4 Å². The Morgan fingerprint density at radius 1 is 0.979 bits per heavy atom. The van der Waals surface area contributed by atoms with Gasteiger partial charge in [-0.05, 0) is 54.5 Å². The normalized spacial score (nSPS) is 20.6. The molecular formula is C31H26F7N3O5S. The van der Waals surface area contributed by atoms with Crippen molar-refractivity contribution in [1.29, 1.82) is 0 Å². The van der Waals surface area contributed by atoms with Gasteiger partial charge in [0.15, 0.2) is 27.2 Å². The molecule has 1 N–H and O–H groups in total. The molecule has 47 heavy (non-hydrogen) atoms. The van der Waals surface area contributed by atoms with E-state index in [1.54, 1.807) is 25.1 Å². The number of ether oxygens (including phenoxy) is 1. The molecule has 2 atom stereocenters. The average Bonchev–Trinajstić information content (AvgIpc) is 3.61. The Balaban J connectivity index is 1.89. The molecule has 2 heterocycles. The second-order valence-electron chi connectivity index (χ2n) is 10.7. The fraction of sp³-hybridized carbons (Fsp3) is 0.290. The van der Waals surface area contributed by atoms with Gasteiger partial charge in [-0.1, -0.05) is 37.3 Å². The summed E-state index contributed by atoms with van der Waals surface area (Å²) >= 11 is 0. The lowest BCUT2D eigenvalue weighted by Crippen LogP contribution is -2.57. The zero-order chi connectivity index (χ0) is 34.6. The molecule has 2 unspecified atom stereocenters. The summed E-state index contributed by atoms with van der Waals surface area (Å²) in [5.41, 5.74) is -7.74. The molecule has 4 aromatic rings. The number of alkyl halides is 7. The van der Waals surface area contributed by atoms with E-state index in [1.807, 2.05) is 0 Å². The van der Waals surface area contributed by atoms with Crippen LogP contribution in [0.15, 0.2) is 82.3 Å². The number of oxazole rings is 1. The molecule has 0 fully saturated rings. The summed E-state index contributed by atoms with van der Waals surface area (Å²) in [6.45, 7) is 1.25. The van der Waals surface area contributed by atoms with Gasteiger partial charge in [0.2, 0.25) is 5.67 Å². The topological polar surface area (TPSA) is 107 Å². The largest absolute Gasteiger partial charge is 0.573 e. The number of rotatable bonds is 8. The number of aryl methyl sites for hydroxylation is 2. The Morgan fingerprint density at radius 3 is 2.13 bits per heavy atom. The van der Waals surface area contributed by atoms with Crippen LogP contribution >= 0.6 is 0 Å². The molecule has 8 nitrogen and oxygen atoms in total. The lowest BCUT2D eigenvalue weighted by molar-refractivity contribution is -0.274. The van der Waals surface area contributed by atoms with Gasteiger partial charge in [-0.15, -0.1) is 13.2 Å². The van der Waals surface area contributed by atoms with Crippen molar-refractivity contribution < 1.29 is 53.4 Å². The van der Waals surface area contributed by atoms with Crippen molar-refractivity contribution in [3.8, 4) is 17.0 Å². The van der Waals surface area contributed by atoms with E-state index in [0.29, 0.717) is 22.6 Å². The van der Waals surface area contributed by atoms with Gasteiger partial charge < -0.3 is 18.8 Å². The number of allylic oxidation sites excluding steroid dienone is 3. The number of aliphatic hydroxyl groups is 1. The lowest BCUT2D eigenvalue weighted by Gasteiger charge is -2.46. The molecule has 0 bridgehead atoms. The molecule has 0 saturated carbocycles. The lowest BCUT2D eigenvalue weighted by atomic mass is 9.72. The van der Waals surface area contributed by atoms with E-state index in [2.05, 4.69) is 14.7 Å². The van der Waals surface area contributed by atoms with Gasteiger partial charge in [0.1, 0.15) is 22.8 Å². The zero-order valence-electron chi connectivity index (χ0n) is 24.8. The second-order valence-corrected chi connectivity index (χ2v) is 12.7. The van der Waals surface area contributed by atoms with Crippen LogP contribution in [0.2, 0.25) is 0 Å². The molecule has 16 heteroatoms. The molecule has 0 radical (unpaired) electrons. The predicted molar refractivity (Wildman–Crippen MR) is 155 cm³/mol. The Hall–Kier alpha value is -4.44. The summed E-state index contributed by atoms with van der Waals surface area (Å²) in [4.78, 5) is 7.02. The van der Waals surface area contributed by atoms with E-state index in [9.17, 15) is 39.9 Å². The van der Waals surface area contributed by atoms with Gasteiger partial charge in [-0.3, -0.25) is 0 Å². The molecule has 0 spiro atoms. The van der Waals surface area contributed by atoms with E-state index >= 15 is 4.39 Å². The highest BCUT2D eigenvalue weighted by molar-refractivity contribution is 7.94. The predicted octanol–water partition coefficient (Wildman–Crippen LogP) is 6.90. The highest BCUT2D eigenvalue weighted by Gasteiger charge is 2.64. The van der Waals surface area contributed by atoms with Crippen molar-refractivity contribution in [2.45, 2.75) is 44.0 Å². The first-order chi connectivity index (χ1) is 21.8. The van der Waals surface area contributed by atoms with Crippen LogP contribution < -0.4 is 4.74 Å². The first-order valence-electron chi connectivity index (χ1n) is 13.8. The summed E-state index contributed by atoms with van der Waals surface area (Å²) in [7, 11) is -4.55. The molecule has 1 aliphatic rings. The van der Waals surface area contributed by atoms with E-state index in [4.69, 9.17) is 4.42 Å². The molecule has 0 saturated heterocycles. The number of hydrogen-bond acceptors (Lipinski definition) is 7. The summed E-state index contributed by atoms with van der Waals surface area (Å²) in [5.74, 6) is -1.93. The van der Waals surface area contributed by atoms with Gasteiger partial charge in [-0.2, -0.15) is 13.2 Å². The van der Waals surface area contributed by atoms with Gasteiger partial charge >= 0.3 is 12.5 Å². The van der Waals surface area contributed by atoms with Gasteiger partial charge in [0.05, 0.1) is 11.5 Å². The van der Waals surface area contributed by atoms with Crippen LogP contribution in [0.1, 0.15) is 35.7 Å². The maximum atomic E-state index is 18.7. The third kappa shape index (κ3) is 6.06. The van der Waals surface area contributed by atoms with Crippen LogP contribution in [-0.4, -0.2) is 47.3 Å². The van der Waals surface area contributed by atoms with Crippen LogP contribution in [0.3, 0.4) is 0 Å². The Morgan fingerprint density at radius 2 is 1.62 bits per heavy atom. The monoisotopic (exact) mass is 685 g/mol. The first-order valence-corrected chi connectivity index (χ1v) is 15.7. The van der Waals surface area contributed by atoms with Crippen LogP contribution in [0.4, 0.5) is 30.7 Å². The highest BCUT2D eigenvalue weighted by atomic mass is 32.2. The van der Waals surface area contributed by atoms with Crippen molar-refractivity contribution in [2.75, 3.05) is 12.9 Å². The molecule has 2 aromatic carbocycles. The summed E-state index contributed by atoms with van der Waals surface area (Å²) < 4.78 is 136. The number of halogens is 7. The van der Waals surface area contributed by atoms with E-state index < -0.39 is 68.1 Å². The highest BCUT2D eigenvalue weighted by Crippen LogP contribution is 2.56. The molecule has 0 amide bonds. The van der Waals surface area contributed by atoms with Gasteiger partial charge in [0.25, 0.3) is 0 Å². The van der Waals surface area contributed by atoms with Crippen LogP contribution in [0, 0.1) is 6.92 Å². The number of benzene rings is 2. The fourth-order valence-electron chi connectivity index (χ4n) is 5.61. The van der Waals surface area contributed by atoms with E-state index in [-0.39, 0.29) is 29.1 Å². The van der Waals surface area contributed by atoms with Crippen molar-refractivity contribution in [2.24, 2.45) is 0 Å². The summed E-state index contributed by atoms with van der Waals surface area (Å²) in [5, 5.41) is 11.1. The number of aromatic nitrogens is 3. The number of hydrogen-bond donors (Lipinski definition) is 1. The second kappa shape index (κ2) is 11.7. The van der Waals surface area contributed by atoms with Crippen molar-refractivity contribution >= 4 is 15.4 Å². The molecule has 5 rings (SSSR count). The van der Waals surface area contributed by atoms with E-state index in [1.165, 1.54) is 12.1 Å². The quantitative estimate of drug-likeness (QED) is 0.201. The van der Waals surface area contributed by atoms with Crippen molar-refractivity contribution in [1.82, 2.24) is 14.5 Å². The Labute approximate surface area is 263 Å². The minimum absolute atomic E-state index is 0.00899.